The standard InChI is InChI=1S/C20H22N2O3S/c1-13(2)17-10-15(11-18(14(3)4)20(17)23)9-16(12-21)26(24,25)19-7-5-6-8-22-19/h5-11,13-14,23H,1-4H3/b16-9+. The highest BCUT2D eigenvalue weighted by atomic mass is 32.2. The summed E-state index contributed by atoms with van der Waals surface area (Å²) in [5, 5.41) is 19.7. The van der Waals surface area contributed by atoms with Crippen LogP contribution in [0.2, 0.25) is 0 Å². The number of hydrogen-bond donors (Lipinski definition) is 1. The maximum atomic E-state index is 12.7. The number of aromatic hydroxyl groups is 1. The molecule has 0 radical (unpaired) electrons. The molecule has 0 unspecified atom stereocenters. The normalized spacial score (nSPS) is 12.4. The van der Waals surface area contributed by atoms with Crippen LogP contribution in [0.1, 0.15) is 56.2 Å². The van der Waals surface area contributed by atoms with E-state index >= 15 is 0 Å². The summed E-state index contributed by atoms with van der Waals surface area (Å²) >= 11 is 0. The van der Waals surface area contributed by atoms with Gasteiger partial charge in [-0.2, -0.15) is 5.26 Å². The zero-order valence-corrected chi connectivity index (χ0v) is 16.1. The van der Waals surface area contributed by atoms with E-state index in [4.69, 9.17) is 0 Å². The Morgan fingerprint density at radius 3 is 2.15 bits per heavy atom. The summed E-state index contributed by atoms with van der Waals surface area (Å²) in [6.07, 6.45) is 2.71. The lowest BCUT2D eigenvalue weighted by Gasteiger charge is -2.16. The predicted octanol–water partition coefficient (Wildman–Crippen LogP) is 4.37. The summed E-state index contributed by atoms with van der Waals surface area (Å²) in [5.74, 6) is 0.329. The molecule has 0 aliphatic heterocycles. The van der Waals surface area contributed by atoms with Crippen molar-refractivity contribution >= 4 is 15.9 Å². The van der Waals surface area contributed by atoms with Crippen LogP contribution in [0.5, 0.6) is 5.75 Å². The van der Waals surface area contributed by atoms with Gasteiger partial charge in [0.25, 0.3) is 0 Å². The van der Waals surface area contributed by atoms with Crippen molar-refractivity contribution < 1.29 is 13.5 Å². The van der Waals surface area contributed by atoms with E-state index in [0.29, 0.717) is 5.56 Å². The monoisotopic (exact) mass is 370 g/mol. The molecule has 0 spiro atoms. The number of allylic oxidation sites excluding steroid dienone is 1. The van der Waals surface area contributed by atoms with Crippen LogP contribution in [0, 0.1) is 11.3 Å². The highest BCUT2D eigenvalue weighted by Gasteiger charge is 2.23. The second kappa shape index (κ2) is 7.71. The van der Waals surface area contributed by atoms with Crippen LogP contribution in [0.3, 0.4) is 0 Å². The highest BCUT2D eigenvalue weighted by Crippen LogP contribution is 2.35. The molecule has 1 heterocycles. The van der Waals surface area contributed by atoms with E-state index in [-0.39, 0.29) is 27.5 Å². The van der Waals surface area contributed by atoms with Gasteiger partial charge in [-0.25, -0.2) is 13.4 Å². The Morgan fingerprint density at radius 2 is 1.73 bits per heavy atom. The molecule has 0 saturated heterocycles. The maximum absolute atomic E-state index is 12.7. The van der Waals surface area contributed by atoms with Gasteiger partial charge >= 0.3 is 0 Å². The van der Waals surface area contributed by atoms with Crippen LogP contribution < -0.4 is 0 Å². The minimum absolute atomic E-state index is 0.0544. The van der Waals surface area contributed by atoms with E-state index in [1.165, 1.54) is 18.3 Å². The first-order chi connectivity index (χ1) is 12.2. The van der Waals surface area contributed by atoms with Crippen molar-refractivity contribution in [2.75, 3.05) is 0 Å². The lowest BCUT2D eigenvalue weighted by molar-refractivity contribution is 0.454. The summed E-state index contributed by atoms with van der Waals surface area (Å²) in [7, 11) is -4.00. The van der Waals surface area contributed by atoms with Crippen molar-refractivity contribution in [1.29, 1.82) is 5.26 Å². The van der Waals surface area contributed by atoms with E-state index in [9.17, 15) is 18.8 Å². The Kier molecular flexibility index (Phi) is 5.83. The molecule has 0 amide bonds. The first-order valence-electron chi connectivity index (χ1n) is 8.33. The number of hydrogen-bond acceptors (Lipinski definition) is 5. The predicted molar refractivity (Wildman–Crippen MR) is 101 cm³/mol. The number of nitrogens with zero attached hydrogens (tertiary/aromatic N) is 2. The molecule has 136 valence electrons. The largest absolute Gasteiger partial charge is 0.507 e. The molecule has 0 saturated carbocycles. The average Bonchev–Trinajstić information content (AvgIpc) is 2.60. The molecule has 0 aliphatic rings. The third-order valence-corrected chi connectivity index (χ3v) is 5.63. The van der Waals surface area contributed by atoms with Gasteiger partial charge in [0.1, 0.15) is 11.8 Å². The van der Waals surface area contributed by atoms with Crippen molar-refractivity contribution in [3.8, 4) is 11.8 Å². The second-order valence-electron chi connectivity index (χ2n) is 6.65. The van der Waals surface area contributed by atoms with Gasteiger partial charge in [0.15, 0.2) is 9.93 Å². The van der Waals surface area contributed by atoms with Crippen LogP contribution in [-0.4, -0.2) is 18.5 Å². The Labute approximate surface area is 154 Å². The van der Waals surface area contributed by atoms with E-state index in [0.717, 1.165) is 11.1 Å². The van der Waals surface area contributed by atoms with Gasteiger partial charge in [-0.3, -0.25) is 0 Å². The Morgan fingerprint density at radius 1 is 1.15 bits per heavy atom. The van der Waals surface area contributed by atoms with Gasteiger partial charge in [0.2, 0.25) is 9.84 Å². The van der Waals surface area contributed by atoms with Gasteiger partial charge in [0, 0.05) is 6.20 Å². The third kappa shape index (κ3) is 3.94. The molecule has 0 atom stereocenters. The van der Waals surface area contributed by atoms with E-state index in [1.807, 2.05) is 27.7 Å². The lowest BCUT2D eigenvalue weighted by atomic mass is 9.91. The van der Waals surface area contributed by atoms with Crippen LogP contribution in [0.25, 0.3) is 6.08 Å². The minimum Gasteiger partial charge on any atom is -0.507 e. The quantitative estimate of drug-likeness (QED) is 0.789. The second-order valence-corrected chi connectivity index (χ2v) is 8.51. The topological polar surface area (TPSA) is 91.0 Å². The van der Waals surface area contributed by atoms with Crippen LogP contribution in [-0.2, 0) is 9.84 Å². The SMILES string of the molecule is CC(C)c1cc(/C=C(\C#N)S(=O)(=O)c2ccccn2)cc(C(C)C)c1O. The Hall–Kier alpha value is -2.65. The van der Waals surface area contributed by atoms with Gasteiger partial charge < -0.3 is 5.11 Å². The number of aromatic nitrogens is 1. The fraction of sp³-hybridized carbons (Fsp3) is 0.300. The zero-order chi connectivity index (χ0) is 19.5. The Bertz CT molecular complexity index is 941. The molecule has 0 aliphatic carbocycles. The van der Waals surface area contributed by atoms with Crippen molar-refractivity contribution in [3.63, 3.8) is 0 Å². The molecule has 1 N–H and O–H groups in total. The van der Waals surface area contributed by atoms with Crippen molar-refractivity contribution in [3.05, 3.63) is 58.1 Å². The third-order valence-electron chi connectivity index (χ3n) is 4.05. The number of phenols is 1. The van der Waals surface area contributed by atoms with Crippen LogP contribution >= 0.6 is 0 Å². The molecule has 1 aromatic heterocycles. The lowest BCUT2D eigenvalue weighted by Crippen LogP contribution is -2.05. The van der Waals surface area contributed by atoms with Crippen molar-refractivity contribution in [2.45, 2.75) is 44.6 Å². The molecule has 2 aromatic rings. The molecular formula is C20H22N2O3S. The number of sulfone groups is 1. The van der Waals surface area contributed by atoms with Gasteiger partial charge in [-0.1, -0.05) is 33.8 Å². The Balaban J connectivity index is 2.65. The fourth-order valence-electron chi connectivity index (χ4n) is 2.61. The van der Waals surface area contributed by atoms with E-state index in [2.05, 4.69) is 4.98 Å². The number of benzene rings is 1. The summed E-state index contributed by atoms with van der Waals surface area (Å²) in [6, 6.07) is 9.74. The van der Waals surface area contributed by atoms with Crippen molar-refractivity contribution in [2.24, 2.45) is 0 Å². The maximum Gasteiger partial charge on any atom is 0.233 e. The van der Waals surface area contributed by atoms with Gasteiger partial charge in [-0.05, 0) is 58.9 Å². The fourth-order valence-corrected chi connectivity index (χ4v) is 3.70. The first kappa shape index (κ1) is 19.7. The summed E-state index contributed by atoms with van der Waals surface area (Å²) in [6.45, 7) is 7.79. The van der Waals surface area contributed by atoms with Crippen molar-refractivity contribution in [1.82, 2.24) is 4.98 Å². The number of pyridine rings is 1. The molecule has 0 bridgehead atoms. The van der Waals surface area contributed by atoms with E-state index < -0.39 is 9.84 Å². The first-order valence-corrected chi connectivity index (χ1v) is 9.81. The van der Waals surface area contributed by atoms with Gasteiger partial charge in [0.05, 0.1) is 0 Å². The zero-order valence-electron chi connectivity index (χ0n) is 15.3. The summed E-state index contributed by atoms with van der Waals surface area (Å²) in [4.78, 5) is 3.46. The van der Waals surface area contributed by atoms with Crippen LogP contribution in [0.4, 0.5) is 0 Å². The molecule has 2 rings (SSSR count). The number of phenolic OH excluding ortho intramolecular Hbond substituents is 1. The molecule has 6 heteroatoms. The molecular weight excluding hydrogens is 348 g/mol. The summed E-state index contributed by atoms with van der Waals surface area (Å²) in [5.41, 5.74) is 2.00. The molecule has 26 heavy (non-hydrogen) atoms. The van der Waals surface area contributed by atoms with Crippen LogP contribution in [0.15, 0.2) is 46.5 Å². The summed E-state index contributed by atoms with van der Waals surface area (Å²) < 4.78 is 25.3. The molecule has 1 aromatic carbocycles. The average molecular weight is 370 g/mol. The number of nitriles is 1. The highest BCUT2D eigenvalue weighted by molar-refractivity contribution is 7.95. The van der Waals surface area contributed by atoms with E-state index in [1.54, 1.807) is 30.3 Å². The minimum atomic E-state index is -4.00. The smallest absolute Gasteiger partial charge is 0.233 e. The molecule has 5 nitrogen and oxygen atoms in total. The number of rotatable bonds is 5. The van der Waals surface area contributed by atoms with Gasteiger partial charge in [-0.15, -0.1) is 0 Å². The molecule has 0 fully saturated rings.